The van der Waals surface area contributed by atoms with Gasteiger partial charge in [-0.05, 0) is 69.2 Å². The number of rotatable bonds is 11. The van der Waals surface area contributed by atoms with Gasteiger partial charge in [-0.25, -0.2) is 4.98 Å². The van der Waals surface area contributed by atoms with Gasteiger partial charge in [-0.15, -0.1) is 8.78 Å². The first-order valence-electron chi connectivity index (χ1n) is 15.0. The third kappa shape index (κ3) is 6.47. The summed E-state index contributed by atoms with van der Waals surface area (Å²) in [6.07, 6.45) is -8.91. The van der Waals surface area contributed by atoms with Crippen LogP contribution in [0, 0.1) is 0 Å². The number of nitrogens with two attached hydrogens (primary N) is 1. The zero-order valence-electron chi connectivity index (χ0n) is 25.9. The topological polar surface area (TPSA) is 172 Å². The van der Waals surface area contributed by atoms with Crippen LogP contribution in [-0.4, -0.2) is 71.4 Å². The first-order chi connectivity index (χ1) is 22.9. The van der Waals surface area contributed by atoms with E-state index in [-0.39, 0.29) is 58.1 Å². The quantitative estimate of drug-likeness (QED) is 0.217. The second kappa shape index (κ2) is 11.9. The van der Waals surface area contributed by atoms with Crippen molar-refractivity contribution in [3.05, 3.63) is 59.3 Å². The number of alkyl halides is 5. The molecule has 0 radical (unpaired) electrons. The van der Waals surface area contributed by atoms with E-state index >= 15 is 0 Å². The zero-order valence-corrected chi connectivity index (χ0v) is 25.9. The number of amides is 2. The standard InChI is InChI=1S/C32H30F5N3O9/c1-15(41)12-45-20-7-4-17(10-22(20)47-18-5-6-18)27(42)39-13-30(44,31(33,34)35)24-11-19-26(46-14-29(19,2)28(38)43)25(40-24)16-3-8-21-23(9-16)49-32(36,37)48-21/h3-4,7-11,15,18,41,44H,5-6,12-14H2,1-2H3,(H2,38,43)(H,39,42)/t15-,29+,30+/m1/s1. The Hall–Kier alpha value is -4.90. The van der Waals surface area contributed by atoms with Crippen LogP contribution in [0.4, 0.5) is 22.0 Å². The highest BCUT2D eigenvalue weighted by Gasteiger charge is 2.58. The predicted octanol–water partition coefficient (Wildman–Crippen LogP) is 3.69. The van der Waals surface area contributed by atoms with Crippen LogP contribution in [0.2, 0.25) is 0 Å². The Morgan fingerprint density at radius 1 is 1.10 bits per heavy atom. The summed E-state index contributed by atoms with van der Waals surface area (Å²) < 4.78 is 97.8. The van der Waals surface area contributed by atoms with E-state index < -0.39 is 66.0 Å². The molecule has 1 aromatic heterocycles. The van der Waals surface area contributed by atoms with Crippen LogP contribution in [0.3, 0.4) is 0 Å². The number of nitrogens with zero attached hydrogens (tertiary/aromatic N) is 1. The molecule has 262 valence electrons. The number of hydrogen-bond acceptors (Lipinski definition) is 10. The van der Waals surface area contributed by atoms with Crippen LogP contribution in [0.5, 0.6) is 28.7 Å². The summed E-state index contributed by atoms with van der Waals surface area (Å²) in [5, 5.41) is 23.0. The van der Waals surface area contributed by atoms with Gasteiger partial charge in [-0.1, -0.05) is 0 Å². The number of halogens is 5. The normalized spacial score (nSPS) is 20.8. The summed E-state index contributed by atoms with van der Waals surface area (Å²) in [6.45, 7) is 0.892. The minimum absolute atomic E-state index is 0.0819. The monoisotopic (exact) mass is 695 g/mol. The summed E-state index contributed by atoms with van der Waals surface area (Å²) in [7, 11) is 0. The van der Waals surface area contributed by atoms with Crippen molar-refractivity contribution < 1.29 is 65.4 Å². The predicted molar refractivity (Wildman–Crippen MR) is 157 cm³/mol. The van der Waals surface area contributed by atoms with E-state index in [1.807, 2.05) is 0 Å². The number of hydrogen-bond donors (Lipinski definition) is 4. The second-order valence-electron chi connectivity index (χ2n) is 12.2. The van der Waals surface area contributed by atoms with Crippen LogP contribution in [0.15, 0.2) is 42.5 Å². The Balaban J connectivity index is 1.37. The third-order valence-electron chi connectivity index (χ3n) is 8.19. The maximum absolute atomic E-state index is 14.8. The fourth-order valence-electron chi connectivity index (χ4n) is 5.17. The number of carbonyl (C=O) groups is 2. The molecule has 1 fully saturated rings. The van der Waals surface area contributed by atoms with Gasteiger partial charge in [0.05, 0.1) is 24.4 Å². The molecule has 0 bridgehead atoms. The van der Waals surface area contributed by atoms with Crippen LogP contribution in [-0.2, 0) is 15.8 Å². The molecule has 5 N–H and O–H groups in total. The summed E-state index contributed by atoms with van der Waals surface area (Å²) in [4.78, 5) is 29.8. The summed E-state index contributed by atoms with van der Waals surface area (Å²) >= 11 is 0. The third-order valence-corrected chi connectivity index (χ3v) is 8.19. The molecule has 1 saturated carbocycles. The van der Waals surface area contributed by atoms with E-state index in [1.165, 1.54) is 38.1 Å². The molecule has 3 aliphatic rings. The maximum Gasteiger partial charge on any atom is 0.586 e. The molecule has 6 rings (SSSR count). The Morgan fingerprint density at radius 3 is 2.47 bits per heavy atom. The molecule has 3 heterocycles. The number of carbonyl (C=O) groups excluding carboxylic acids is 2. The highest BCUT2D eigenvalue weighted by atomic mass is 19.4. The van der Waals surface area contributed by atoms with Gasteiger partial charge < -0.3 is 44.9 Å². The van der Waals surface area contributed by atoms with Gasteiger partial charge in [0.2, 0.25) is 11.5 Å². The average molecular weight is 696 g/mol. The fourth-order valence-corrected chi connectivity index (χ4v) is 5.17. The van der Waals surface area contributed by atoms with E-state index in [1.54, 1.807) is 0 Å². The van der Waals surface area contributed by atoms with Gasteiger partial charge >= 0.3 is 12.5 Å². The molecule has 0 spiro atoms. The molecule has 2 aromatic carbocycles. The largest absolute Gasteiger partial charge is 0.586 e. The summed E-state index contributed by atoms with van der Waals surface area (Å²) in [5.74, 6) is -2.62. The highest BCUT2D eigenvalue weighted by molar-refractivity contribution is 5.95. The lowest BCUT2D eigenvalue weighted by atomic mass is 9.81. The molecule has 1 aliphatic carbocycles. The summed E-state index contributed by atoms with van der Waals surface area (Å²) in [6, 6.07) is 8.01. The van der Waals surface area contributed by atoms with Gasteiger partial charge in [0.25, 0.3) is 5.91 Å². The Kier molecular flexibility index (Phi) is 8.26. The summed E-state index contributed by atoms with van der Waals surface area (Å²) in [5.41, 5.74) is -1.71. The number of aliphatic hydroxyl groups excluding tert-OH is 1. The van der Waals surface area contributed by atoms with Gasteiger partial charge in [-0.3, -0.25) is 9.59 Å². The highest BCUT2D eigenvalue weighted by Crippen LogP contribution is 2.50. The smallest absolute Gasteiger partial charge is 0.489 e. The number of ether oxygens (including phenoxy) is 5. The lowest BCUT2D eigenvalue weighted by molar-refractivity contribution is -0.286. The first kappa shape index (κ1) is 34.0. The molecule has 3 aromatic rings. The van der Waals surface area contributed by atoms with Crippen LogP contribution < -0.4 is 34.7 Å². The number of benzene rings is 2. The lowest BCUT2D eigenvalue weighted by Crippen LogP contribution is -2.51. The average Bonchev–Trinajstić information content (AvgIpc) is 3.69. The van der Waals surface area contributed by atoms with Crippen LogP contribution in [0.25, 0.3) is 11.3 Å². The van der Waals surface area contributed by atoms with E-state index in [2.05, 4.69) is 19.8 Å². The second-order valence-corrected chi connectivity index (χ2v) is 12.2. The van der Waals surface area contributed by atoms with Gasteiger partial charge in [0.1, 0.15) is 30.1 Å². The van der Waals surface area contributed by atoms with Crippen LogP contribution >= 0.6 is 0 Å². The lowest BCUT2D eigenvalue weighted by Gasteiger charge is -2.31. The number of aromatic nitrogens is 1. The molecular formula is C32H30F5N3O9. The molecule has 0 saturated heterocycles. The molecule has 2 amide bonds. The number of fused-ring (bicyclic) bond motifs is 2. The number of aliphatic hydroxyl groups is 2. The molecule has 17 heteroatoms. The molecule has 2 aliphatic heterocycles. The minimum Gasteiger partial charge on any atom is -0.489 e. The fraction of sp³-hybridized carbons (Fsp3) is 0.406. The Labute approximate surface area is 274 Å². The van der Waals surface area contributed by atoms with Crippen LogP contribution in [0.1, 0.15) is 48.3 Å². The minimum atomic E-state index is -5.46. The van der Waals surface area contributed by atoms with Gasteiger partial charge in [0.15, 0.2) is 23.0 Å². The van der Waals surface area contributed by atoms with E-state index in [4.69, 9.17) is 19.9 Å². The Bertz CT molecular complexity index is 1820. The number of primary amides is 1. The maximum atomic E-state index is 14.8. The van der Waals surface area contributed by atoms with Crippen molar-refractivity contribution in [3.63, 3.8) is 0 Å². The van der Waals surface area contributed by atoms with Crippen molar-refractivity contribution in [1.29, 1.82) is 0 Å². The molecule has 0 unspecified atom stereocenters. The molecule has 3 atom stereocenters. The zero-order chi connectivity index (χ0) is 35.5. The van der Waals surface area contributed by atoms with Crippen molar-refractivity contribution in [1.82, 2.24) is 10.3 Å². The van der Waals surface area contributed by atoms with E-state index in [0.717, 1.165) is 31.0 Å². The molecule has 49 heavy (non-hydrogen) atoms. The first-order valence-corrected chi connectivity index (χ1v) is 15.0. The number of nitrogens with one attached hydrogen (secondary N) is 1. The molecular weight excluding hydrogens is 665 g/mol. The Morgan fingerprint density at radius 2 is 1.82 bits per heavy atom. The van der Waals surface area contributed by atoms with Gasteiger partial charge in [0, 0.05) is 16.7 Å². The van der Waals surface area contributed by atoms with E-state index in [9.17, 15) is 41.8 Å². The molecule has 12 nitrogen and oxygen atoms in total. The van der Waals surface area contributed by atoms with Crippen molar-refractivity contribution in [2.45, 2.75) is 62.4 Å². The SMILES string of the molecule is C[C@@H](O)COc1ccc(C(=O)NC[C@](O)(c2cc3c(c(-c4ccc5c(c4)OC(F)(F)O5)n2)OC[C@]3(C)C(N)=O)C(F)(F)F)cc1OC1CC1. The van der Waals surface area contributed by atoms with Gasteiger partial charge in [-0.2, -0.15) is 13.2 Å². The van der Waals surface area contributed by atoms with Crippen molar-refractivity contribution in [2.75, 3.05) is 19.8 Å². The van der Waals surface area contributed by atoms with Crippen molar-refractivity contribution in [3.8, 4) is 40.0 Å². The van der Waals surface area contributed by atoms with Crippen molar-refractivity contribution >= 4 is 11.8 Å². The van der Waals surface area contributed by atoms with E-state index in [0.29, 0.717) is 0 Å². The number of pyridine rings is 1. The van der Waals surface area contributed by atoms with Crippen molar-refractivity contribution in [2.24, 2.45) is 5.73 Å².